The molecule has 0 fully saturated rings. The van der Waals surface area contributed by atoms with Crippen LogP contribution in [-0.4, -0.2) is 10.2 Å². The van der Waals surface area contributed by atoms with Crippen molar-refractivity contribution in [2.24, 2.45) is 10.2 Å². The lowest BCUT2D eigenvalue weighted by Crippen LogP contribution is -1.80. The molecule has 0 amide bonds. The van der Waals surface area contributed by atoms with Gasteiger partial charge in [0.05, 0.1) is 0 Å². The third-order valence-corrected chi connectivity index (χ3v) is 4.33. The minimum atomic E-state index is 0.0540. The third-order valence-electron chi connectivity index (χ3n) is 4.33. The Morgan fingerprint density at radius 2 is 1.24 bits per heavy atom. The molecule has 2 N–H and O–H groups in total. The number of fused-ring (bicyclic) bond motifs is 2. The van der Waals surface area contributed by atoms with E-state index in [0.717, 1.165) is 27.1 Å². The average Bonchev–Trinajstić information content (AvgIpc) is 2.63. The minimum absolute atomic E-state index is 0.0540. The number of nitrogens with zero attached hydrogens (tertiary/aromatic N) is 2. The number of azo groups is 1. The number of phenolic OH excluding ortho intramolecular Hbond substituents is 2. The lowest BCUT2D eigenvalue weighted by atomic mass is 10.0. The summed E-state index contributed by atoms with van der Waals surface area (Å²) in [5.74, 6) is 0.123. The molecule has 0 saturated carbocycles. The second kappa shape index (κ2) is 5.91. The molecule has 0 bridgehead atoms. The van der Waals surface area contributed by atoms with E-state index in [2.05, 4.69) is 10.2 Å². The second-order valence-corrected chi connectivity index (χ2v) is 5.96. The van der Waals surface area contributed by atoms with Crippen molar-refractivity contribution in [3.8, 4) is 11.5 Å². The van der Waals surface area contributed by atoms with Crippen LogP contribution in [0.15, 0.2) is 77.0 Å². The van der Waals surface area contributed by atoms with Crippen LogP contribution in [0.5, 0.6) is 11.5 Å². The summed E-state index contributed by atoms with van der Waals surface area (Å²) < 4.78 is 0. The maximum absolute atomic E-state index is 10.3. The molecular weight excluding hydrogens is 312 g/mol. The highest BCUT2D eigenvalue weighted by Gasteiger charge is 2.10. The molecule has 4 rings (SSSR count). The number of hydrogen-bond acceptors (Lipinski definition) is 4. The van der Waals surface area contributed by atoms with Gasteiger partial charge in [0.15, 0.2) is 0 Å². The Kier molecular flexibility index (Phi) is 3.58. The Bertz CT molecular complexity index is 1130. The molecule has 4 aromatic carbocycles. The highest BCUT2D eigenvalue weighted by Crippen LogP contribution is 2.40. The van der Waals surface area contributed by atoms with Crippen LogP contribution in [0.4, 0.5) is 11.4 Å². The number of aryl methyl sites for hydroxylation is 1. The Morgan fingerprint density at radius 1 is 0.640 bits per heavy atom. The molecule has 0 aliphatic rings. The van der Waals surface area contributed by atoms with E-state index in [9.17, 15) is 10.2 Å². The Balaban J connectivity index is 1.92. The fourth-order valence-electron chi connectivity index (χ4n) is 3.08. The van der Waals surface area contributed by atoms with Crippen LogP contribution >= 0.6 is 0 Å². The van der Waals surface area contributed by atoms with Crippen molar-refractivity contribution in [2.45, 2.75) is 6.92 Å². The first-order chi connectivity index (χ1) is 12.1. The summed E-state index contributed by atoms with van der Waals surface area (Å²) in [6, 6.07) is 20.5. The topological polar surface area (TPSA) is 65.2 Å². The van der Waals surface area contributed by atoms with Gasteiger partial charge in [0.1, 0.15) is 22.9 Å². The average molecular weight is 328 g/mol. The van der Waals surface area contributed by atoms with Crippen molar-refractivity contribution in [1.82, 2.24) is 0 Å². The van der Waals surface area contributed by atoms with Crippen molar-refractivity contribution < 1.29 is 10.2 Å². The van der Waals surface area contributed by atoms with Crippen LogP contribution < -0.4 is 0 Å². The number of rotatable bonds is 2. The van der Waals surface area contributed by atoms with Crippen molar-refractivity contribution >= 4 is 32.9 Å². The number of aromatic hydroxyl groups is 2. The lowest BCUT2D eigenvalue weighted by Gasteiger charge is -2.08. The van der Waals surface area contributed by atoms with E-state index >= 15 is 0 Å². The maximum Gasteiger partial charge on any atom is 0.144 e. The van der Waals surface area contributed by atoms with Gasteiger partial charge in [-0.05, 0) is 35.4 Å². The molecule has 0 aromatic heterocycles. The second-order valence-electron chi connectivity index (χ2n) is 5.96. The zero-order valence-electron chi connectivity index (χ0n) is 13.6. The van der Waals surface area contributed by atoms with Gasteiger partial charge in [0, 0.05) is 10.8 Å². The van der Waals surface area contributed by atoms with Crippen molar-refractivity contribution in [3.63, 3.8) is 0 Å². The maximum atomic E-state index is 10.3. The molecule has 0 radical (unpaired) electrons. The quantitative estimate of drug-likeness (QED) is 0.435. The summed E-state index contributed by atoms with van der Waals surface area (Å²) in [5.41, 5.74) is 1.76. The predicted octanol–water partition coefficient (Wildman–Crippen LogP) is 6.13. The number of hydrogen-bond donors (Lipinski definition) is 2. The molecular formula is C21H16N2O2. The molecule has 4 aromatic rings. The van der Waals surface area contributed by atoms with Gasteiger partial charge in [-0.2, -0.15) is 0 Å². The molecule has 4 heteroatoms. The normalized spacial score (nSPS) is 11.6. The molecule has 0 atom stereocenters. The molecule has 0 heterocycles. The Morgan fingerprint density at radius 3 is 2.00 bits per heavy atom. The van der Waals surface area contributed by atoms with Gasteiger partial charge in [0.25, 0.3) is 0 Å². The molecule has 25 heavy (non-hydrogen) atoms. The van der Waals surface area contributed by atoms with E-state index in [4.69, 9.17) is 0 Å². The molecule has 122 valence electrons. The predicted molar refractivity (Wildman–Crippen MR) is 100 cm³/mol. The highest BCUT2D eigenvalue weighted by molar-refractivity contribution is 5.98. The van der Waals surface area contributed by atoms with Crippen LogP contribution in [0.3, 0.4) is 0 Å². The van der Waals surface area contributed by atoms with Crippen LogP contribution in [0.25, 0.3) is 21.5 Å². The van der Waals surface area contributed by atoms with Crippen molar-refractivity contribution in [1.29, 1.82) is 0 Å². The van der Waals surface area contributed by atoms with Crippen LogP contribution in [0.1, 0.15) is 5.56 Å². The number of phenols is 2. The van der Waals surface area contributed by atoms with Gasteiger partial charge in [-0.3, -0.25) is 0 Å². The number of benzene rings is 4. The van der Waals surface area contributed by atoms with Gasteiger partial charge in [-0.1, -0.05) is 54.6 Å². The van der Waals surface area contributed by atoms with Gasteiger partial charge >= 0.3 is 0 Å². The first kappa shape index (κ1) is 15.1. The SMILES string of the molecule is Cc1cc(O)c(N=Nc2c(O)ccc3ccccc23)c2ccccc12. The summed E-state index contributed by atoms with van der Waals surface area (Å²) in [5, 5.41) is 32.7. The standard InChI is InChI=1S/C21H16N2O2/c1-13-12-19(25)21(17-9-5-4-7-15(13)17)23-22-20-16-8-3-2-6-14(16)10-11-18(20)24/h2-12,24-25H,1H3. The lowest BCUT2D eigenvalue weighted by molar-refractivity contribution is 0.474. The van der Waals surface area contributed by atoms with Gasteiger partial charge in [-0.25, -0.2) is 0 Å². The molecule has 0 spiro atoms. The fraction of sp³-hybridized carbons (Fsp3) is 0.0476. The van der Waals surface area contributed by atoms with E-state index in [0.29, 0.717) is 11.4 Å². The summed E-state index contributed by atoms with van der Waals surface area (Å²) in [4.78, 5) is 0. The zero-order valence-corrected chi connectivity index (χ0v) is 13.6. The minimum Gasteiger partial charge on any atom is -0.506 e. The van der Waals surface area contributed by atoms with Crippen LogP contribution in [0.2, 0.25) is 0 Å². The smallest absolute Gasteiger partial charge is 0.144 e. The van der Waals surface area contributed by atoms with E-state index in [1.165, 1.54) is 0 Å². The van der Waals surface area contributed by atoms with E-state index in [1.54, 1.807) is 12.1 Å². The molecule has 4 nitrogen and oxygen atoms in total. The third kappa shape index (κ3) is 2.58. The monoisotopic (exact) mass is 328 g/mol. The summed E-state index contributed by atoms with van der Waals surface area (Å²) >= 11 is 0. The fourth-order valence-corrected chi connectivity index (χ4v) is 3.08. The summed E-state index contributed by atoms with van der Waals surface area (Å²) in [7, 11) is 0. The molecule has 0 aliphatic carbocycles. The Hall–Kier alpha value is -3.40. The highest BCUT2D eigenvalue weighted by atomic mass is 16.3. The molecule has 0 saturated heterocycles. The summed E-state index contributed by atoms with van der Waals surface area (Å²) in [6.45, 7) is 1.94. The van der Waals surface area contributed by atoms with Gasteiger partial charge in [0.2, 0.25) is 0 Å². The first-order valence-corrected chi connectivity index (χ1v) is 7.99. The van der Waals surface area contributed by atoms with E-state index in [1.807, 2.05) is 61.5 Å². The van der Waals surface area contributed by atoms with Crippen LogP contribution in [-0.2, 0) is 0 Å². The van der Waals surface area contributed by atoms with Gasteiger partial charge in [-0.15, -0.1) is 10.2 Å². The molecule has 0 aliphatic heterocycles. The van der Waals surface area contributed by atoms with Crippen molar-refractivity contribution in [2.75, 3.05) is 0 Å². The first-order valence-electron chi connectivity index (χ1n) is 7.99. The van der Waals surface area contributed by atoms with Crippen LogP contribution in [0, 0.1) is 6.92 Å². The zero-order chi connectivity index (χ0) is 17.4. The van der Waals surface area contributed by atoms with E-state index < -0.39 is 0 Å². The van der Waals surface area contributed by atoms with E-state index in [-0.39, 0.29) is 11.5 Å². The van der Waals surface area contributed by atoms with Crippen molar-refractivity contribution in [3.05, 3.63) is 72.3 Å². The summed E-state index contributed by atoms with van der Waals surface area (Å²) in [6.07, 6.45) is 0. The Labute approximate surface area is 144 Å². The molecule has 0 unspecified atom stereocenters. The largest absolute Gasteiger partial charge is 0.506 e. The van der Waals surface area contributed by atoms with Gasteiger partial charge < -0.3 is 10.2 Å².